The zero-order valence-electron chi connectivity index (χ0n) is 11.8. The zero-order chi connectivity index (χ0) is 13.4. The lowest BCUT2D eigenvalue weighted by Gasteiger charge is -2.11. The van der Waals surface area contributed by atoms with Gasteiger partial charge in [-0.2, -0.15) is 0 Å². The Morgan fingerprint density at radius 2 is 1.78 bits per heavy atom. The van der Waals surface area contributed by atoms with Crippen LogP contribution in [0.4, 0.5) is 11.6 Å². The van der Waals surface area contributed by atoms with E-state index in [0.717, 1.165) is 37.0 Å². The molecule has 1 aromatic heterocycles. The number of nitrogens with one attached hydrogen (secondary N) is 2. The summed E-state index contributed by atoms with van der Waals surface area (Å²) in [6.07, 6.45) is 1.34. The number of aromatic nitrogens is 2. The Labute approximate surface area is 109 Å². The van der Waals surface area contributed by atoms with Gasteiger partial charge in [0.2, 0.25) is 0 Å². The van der Waals surface area contributed by atoms with Crippen LogP contribution in [0.5, 0.6) is 0 Å². The Hall–Kier alpha value is -1.36. The van der Waals surface area contributed by atoms with Crippen LogP contribution in [0.1, 0.15) is 33.0 Å². The molecule has 0 bridgehead atoms. The minimum atomic E-state index is 0.265. The van der Waals surface area contributed by atoms with E-state index < -0.39 is 0 Å². The van der Waals surface area contributed by atoms with Crippen LogP contribution < -0.4 is 10.6 Å². The molecule has 0 atom stereocenters. The fourth-order valence-electron chi connectivity index (χ4n) is 1.48. The van der Waals surface area contributed by atoms with Crippen molar-refractivity contribution in [3.05, 3.63) is 11.9 Å². The molecule has 1 heterocycles. The van der Waals surface area contributed by atoms with Crippen LogP contribution in [-0.4, -0.2) is 35.8 Å². The maximum absolute atomic E-state index is 5.47. The summed E-state index contributed by atoms with van der Waals surface area (Å²) in [6, 6.07) is 1.93. The van der Waals surface area contributed by atoms with Crippen molar-refractivity contribution in [2.75, 3.05) is 30.3 Å². The van der Waals surface area contributed by atoms with Crippen LogP contribution in [0.15, 0.2) is 6.07 Å². The van der Waals surface area contributed by atoms with Crippen molar-refractivity contribution in [1.29, 1.82) is 0 Å². The van der Waals surface area contributed by atoms with Crippen molar-refractivity contribution in [1.82, 2.24) is 9.97 Å². The fourth-order valence-corrected chi connectivity index (χ4v) is 1.48. The molecule has 1 rings (SSSR count). The zero-order valence-corrected chi connectivity index (χ0v) is 11.8. The molecule has 0 aliphatic heterocycles. The lowest BCUT2D eigenvalue weighted by atomic mass is 10.4. The van der Waals surface area contributed by atoms with Crippen molar-refractivity contribution < 1.29 is 4.74 Å². The molecule has 0 aromatic carbocycles. The quantitative estimate of drug-likeness (QED) is 0.696. The molecule has 0 fully saturated rings. The van der Waals surface area contributed by atoms with Gasteiger partial charge in [-0.05, 0) is 27.2 Å². The van der Waals surface area contributed by atoms with E-state index in [1.165, 1.54) is 0 Å². The summed E-state index contributed by atoms with van der Waals surface area (Å²) in [5.74, 6) is 2.48. The van der Waals surface area contributed by atoms with E-state index in [0.29, 0.717) is 6.61 Å². The van der Waals surface area contributed by atoms with Gasteiger partial charge in [0.15, 0.2) is 0 Å². The van der Waals surface area contributed by atoms with E-state index in [2.05, 4.69) is 27.5 Å². The molecule has 0 aliphatic carbocycles. The molecular formula is C13H24N4O. The lowest BCUT2D eigenvalue weighted by Crippen LogP contribution is -2.14. The highest BCUT2D eigenvalue weighted by Crippen LogP contribution is 2.10. The summed E-state index contributed by atoms with van der Waals surface area (Å²) >= 11 is 0. The monoisotopic (exact) mass is 252 g/mol. The highest BCUT2D eigenvalue weighted by molar-refractivity contribution is 5.47. The van der Waals surface area contributed by atoms with Crippen molar-refractivity contribution in [2.24, 2.45) is 0 Å². The van der Waals surface area contributed by atoms with Gasteiger partial charge < -0.3 is 15.4 Å². The Morgan fingerprint density at radius 1 is 1.17 bits per heavy atom. The maximum Gasteiger partial charge on any atom is 0.131 e. The minimum Gasteiger partial charge on any atom is -0.377 e. The maximum atomic E-state index is 5.47. The average molecular weight is 252 g/mol. The number of hydrogen-bond donors (Lipinski definition) is 2. The van der Waals surface area contributed by atoms with Crippen molar-refractivity contribution in [3.8, 4) is 0 Å². The van der Waals surface area contributed by atoms with E-state index in [9.17, 15) is 0 Å². The Balaban J connectivity index is 2.46. The largest absolute Gasteiger partial charge is 0.377 e. The molecule has 102 valence electrons. The van der Waals surface area contributed by atoms with Gasteiger partial charge in [0.25, 0.3) is 0 Å². The topological polar surface area (TPSA) is 59.1 Å². The first kappa shape index (κ1) is 14.7. The summed E-state index contributed by atoms with van der Waals surface area (Å²) in [4.78, 5) is 8.68. The van der Waals surface area contributed by atoms with Crippen molar-refractivity contribution in [2.45, 2.75) is 40.2 Å². The fraction of sp³-hybridized carbons (Fsp3) is 0.692. The molecule has 0 spiro atoms. The summed E-state index contributed by atoms with van der Waals surface area (Å²) in [5, 5.41) is 6.50. The summed E-state index contributed by atoms with van der Waals surface area (Å²) < 4.78 is 5.47. The normalized spacial score (nSPS) is 10.7. The highest BCUT2D eigenvalue weighted by Gasteiger charge is 2.01. The van der Waals surface area contributed by atoms with Crippen LogP contribution in [0.3, 0.4) is 0 Å². The van der Waals surface area contributed by atoms with Gasteiger partial charge in [-0.15, -0.1) is 0 Å². The molecule has 0 aliphatic rings. The van der Waals surface area contributed by atoms with Gasteiger partial charge in [-0.1, -0.05) is 6.92 Å². The van der Waals surface area contributed by atoms with Crippen LogP contribution in [0.25, 0.3) is 0 Å². The predicted molar refractivity (Wildman–Crippen MR) is 75.1 cm³/mol. The Morgan fingerprint density at radius 3 is 2.33 bits per heavy atom. The highest BCUT2D eigenvalue weighted by atomic mass is 16.5. The molecule has 18 heavy (non-hydrogen) atoms. The molecule has 0 saturated heterocycles. The first-order chi connectivity index (χ1) is 8.61. The molecule has 0 amide bonds. The molecule has 0 unspecified atom stereocenters. The van der Waals surface area contributed by atoms with E-state index in [1.807, 2.05) is 26.8 Å². The molecule has 0 radical (unpaired) electrons. The van der Waals surface area contributed by atoms with Crippen LogP contribution in [0.2, 0.25) is 0 Å². The standard InChI is InChI=1S/C13H24N4O/c1-5-6-14-12-9-13(17-11(4)16-12)15-7-8-18-10(2)3/h9-10H,5-8H2,1-4H3,(H2,14,15,16,17). The average Bonchev–Trinajstić information content (AvgIpc) is 2.31. The SMILES string of the molecule is CCCNc1cc(NCCOC(C)C)nc(C)n1. The number of anilines is 2. The second-order valence-electron chi connectivity index (χ2n) is 4.46. The molecule has 5 heteroatoms. The number of nitrogens with zero attached hydrogens (tertiary/aromatic N) is 2. The van der Waals surface area contributed by atoms with E-state index in [1.54, 1.807) is 0 Å². The number of hydrogen-bond acceptors (Lipinski definition) is 5. The number of ether oxygens (including phenoxy) is 1. The Kier molecular flexibility index (Phi) is 6.43. The third-order valence-corrected chi connectivity index (χ3v) is 2.25. The lowest BCUT2D eigenvalue weighted by molar-refractivity contribution is 0.0870. The van der Waals surface area contributed by atoms with Gasteiger partial charge in [0.05, 0.1) is 12.7 Å². The summed E-state index contributed by atoms with van der Waals surface area (Å²) in [7, 11) is 0. The van der Waals surface area contributed by atoms with E-state index in [-0.39, 0.29) is 6.10 Å². The van der Waals surface area contributed by atoms with Gasteiger partial charge in [0.1, 0.15) is 17.5 Å². The predicted octanol–water partition coefficient (Wildman–Crippen LogP) is 2.44. The first-order valence-electron chi connectivity index (χ1n) is 6.57. The molecule has 5 nitrogen and oxygen atoms in total. The molecule has 1 aromatic rings. The summed E-state index contributed by atoms with van der Waals surface area (Å²) in [5.41, 5.74) is 0. The number of aryl methyl sites for hydroxylation is 1. The van der Waals surface area contributed by atoms with Gasteiger partial charge >= 0.3 is 0 Å². The Bertz CT molecular complexity index is 355. The summed E-state index contributed by atoms with van der Waals surface area (Å²) in [6.45, 7) is 10.4. The van der Waals surface area contributed by atoms with Crippen LogP contribution in [-0.2, 0) is 4.74 Å². The first-order valence-corrected chi connectivity index (χ1v) is 6.57. The smallest absolute Gasteiger partial charge is 0.131 e. The second kappa shape index (κ2) is 7.87. The van der Waals surface area contributed by atoms with Crippen molar-refractivity contribution in [3.63, 3.8) is 0 Å². The van der Waals surface area contributed by atoms with Gasteiger partial charge in [-0.25, -0.2) is 9.97 Å². The minimum absolute atomic E-state index is 0.265. The van der Waals surface area contributed by atoms with Crippen LogP contribution >= 0.6 is 0 Å². The van der Waals surface area contributed by atoms with Crippen molar-refractivity contribution >= 4 is 11.6 Å². The second-order valence-corrected chi connectivity index (χ2v) is 4.46. The number of rotatable bonds is 8. The third-order valence-electron chi connectivity index (χ3n) is 2.25. The van der Waals surface area contributed by atoms with E-state index in [4.69, 9.17) is 4.74 Å². The molecular weight excluding hydrogens is 228 g/mol. The van der Waals surface area contributed by atoms with Gasteiger partial charge in [0, 0.05) is 19.2 Å². The third kappa shape index (κ3) is 5.82. The molecule has 2 N–H and O–H groups in total. The molecule has 0 saturated carbocycles. The van der Waals surface area contributed by atoms with E-state index >= 15 is 0 Å². The van der Waals surface area contributed by atoms with Crippen LogP contribution in [0, 0.1) is 6.92 Å². The van der Waals surface area contributed by atoms with Gasteiger partial charge in [-0.3, -0.25) is 0 Å².